The van der Waals surface area contributed by atoms with Crippen molar-refractivity contribution in [1.82, 2.24) is 5.32 Å². The van der Waals surface area contributed by atoms with Gasteiger partial charge in [-0.2, -0.15) is 0 Å². The SMILES string of the molecule is O=C(NC(c1ccccc1)(c1cccc(Cl)c1)C(F)I)OCc1ccccc1. The lowest BCUT2D eigenvalue weighted by Gasteiger charge is -2.36. The predicted molar refractivity (Wildman–Crippen MR) is 117 cm³/mol. The monoisotopic (exact) mass is 509 g/mol. The Bertz CT molecular complexity index is 924. The molecule has 144 valence electrons. The molecule has 6 heteroatoms. The maximum Gasteiger partial charge on any atom is 0.408 e. The Hall–Kier alpha value is -2.12. The molecule has 0 aromatic heterocycles. The molecule has 0 radical (unpaired) electrons. The van der Waals surface area contributed by atoms with Crippen molar-refractivity contribution in [2.75, 3.05) is 0 Å². The minimum atomic E-state index is -1.48. The van der Waals surface area contributed by atoms with Crippen molar-refractivity contribution in [2.45, 2.75) is 16.3 Å². The van der Waals surface area contributed by atoms with Crippen LogP contribution in [-0.4, -0.2) is 10.3 Å². The number of carbonyl (C=O) groups is 1. The molecule has 3 aromatic rings. The second-order valence-corrected chi connectivity index (χ2v) is 7.70. The number of alkyl halides is 2. The van der Waals surface area contributed by atoms with E-state index in [0.29, 0.717) is 16.1 Å². The van der Waals surface area contributed by atoms with Gasteiger partial charge in [0.25, 0.3) is 0 Å². The van der Waals surface area contributed by atoms with Crippen LogP contribution < -0.4 is 5.32 Å². The minimum absolute atomic E-state index is 0.0886. The highest BCUT2D eigenvalue weighted by Crippen LogP contribution is 2.39. The summed E-state index contributed by atoms with van der Waals surface area (Å²) in [7, 11) is 0. The molecule has 0 spiro atoms. The van der Waals surface area contributed by atoms with Gasteiger partial charge in [0.2, 0.25) is 0 Å². The molecule has 2 unspecified atom stereocenters. The Labute approximate surface area is 182 Å². The van der Waals surface area contributed by atoms with Gasteiger partial charge in [-0.1, -0.05) is 84.4 Å². The molecule has 0 aliphatic rings. The molecule has 1 amide bonds. The number of ether oxygens (including phenoxy) is 1. The van der Waals surface area contributed by atoms with Gasteiger partial charge in [-0.25, -0.2) is 9.18 Å². The van der Waals surface area contributed by atoms with Gasteiger partial charge >= 0.3 is 6.09 Å². The van der Waals surface area contributed by atoms with Crippen molar-refractivity contribution in [1.29, 1.82) is 0 Å². The first-order chi connectivity index (χ1) is 13.5. The van der Waals surface area contributed by atoms with Crippen LogP contribution in [-0.2, 0) is 16.9 Å². The number of amides is 1. The summed E-state index contributed by atoms with van der Waals surface area (Å²) < 4.78 is 19.0. The van der Waals surface area contributed by atoms with Gasteiger partial charge in [-0.3, -0.25) is 0 Å². The number of hydrogen-bond acceptors (Lipinski definition) is 2. The zero-order chi connectivity index (χ0) is 20.0. The molecule has 3 nitrogen and oxygen atoms in total. The van der Waals surface area contributed by atoms with Gasteiger partial charge in [0.05, 0.1) is 0 Å². The van der Waals surface area contributed by atoms with Gasteiger partial charge in [0, 0.05) is 5.02 Å². The summed E-state index contributed by atoms with van der Waals surface area (Å²) in [6.45, 7) is 0.0886. The highest BCUT2D eigenvalue weighted by Gasteiger charge is 2.43. The van der Waals surface area contributed by atoms with Crippen molar-refractivity contribution in [3.8, 4) is 0 Å². The van der Waals surface area contributed by atoms with Crippen LogP contribution in [0.3, 0.4) is 0 Å². The molecule has 3 aromatic carbocycles. The number of carbonyl (C=O) groups excluding carboxylic acids is 1. The zero-order valence-corrected chi connectivity index (χ0v) is 17.7. The van der Waals surface area contributed by atoms with E-state index in [2.05, 4.69) is 5.32 Å². The number of rotatable bonds is 6. The number of alkyl carbamates (subject to hydrolysis) is 1. The molecular formula is C22H18ClFINO2. The van der Waals surface area contributed by atoms with Crippen LogP contribution in [0.25, 0.3) is 0 Å². The second kappa shape index (κ2) is 9.39. The number of nitrogens with one attached hydrogen (secondary N) is 1. The fourth-order valence-electron chi connectivity index (χ4n) is 2.97. The van der Waals surface area contributed by atoms with Crippen LogP contribution in [0.1, 0.15) is 16.7 Å². The largest absolute Gasteiger partial charge is 0.445 e. The lowest BCUT2D eigenvalue weighted by molar-refractivity contribution is 0.124. The number of hydrogen-bond donors (Lipinski definition) is 1. The van der Waals surface area contributed by atoms with E-state index < -0.39 is 15.8 Å². The summed E-state index contributed by atoms with van der Waals surface area (Å²) >= 11 is 7.82. The van der Waals surface area contributed by atoms with E-state index >= 15 is 4.39 Å². The molecule has 0 heterocycles. The summed E-state index contributed by atoms with van der Waals surface area (Å²) in [6, 6.07) is 25.1. The van der Waals surface area contributed by atoms with Crippen LogP contribution in [0.5, 0.6) is 0 Å². The summed E-state index contributed by atoms with van der Waals surface area (Å²) in [6.07, 6.45) is -0.716. The highest BCUT2D eigenvalue weighted by molar-refractivity contribution is 14.1. The fraction of sp³-hybridized carbons (Fsp3) is 0.136. The Morgan fingerprint density at radius 2 is 1.61 bits per heavy atom. The van der Waals surface area contributed by atoms with Crippen molar-refractivity contribution in [2.24, 2.45) is 0 Å². The number of benzene rings is 3. The van der Waals surface area contributed by atoms with Gasteiger partial charge in [0.15, 0.2) is 4.18 Å². The molecule has 0 aliphatic heterocycles. The highest BCUT2D eigenvalue weighted by atomic mass is 127. The van der Waals surface area contributed by atoms with Crippen molar-refractivity contribution in [3.63, 3.8) is 0 Å². The van der Waals surface area contributed by atoms with Crippen molar-refractivity contribution >= 4 is 40.3 Å². The van der Waals surface area contributed by atoms with Gasteiger partial charge in [0.1, 0.15) is 12.1 Å². The first-order valence-electron chi connectivity index (χ1n) is 8.61. The first-order valence-corrected chi connectivity index (χ1v) is 10.2. The maximum atomic E-state index is 15.1. The van der Waals surface area contributed by atoms with E-state index in [1.165, 1.54) is 0 Å². The summed E-state index contributed by atoms with van der Waals surface area (Å²) in [5, 5.41) is 3.21. The topological polar surface area (TPSA) is 38.3 Å². The Kier molecular flexibility index (Phi) is 6.91. The van der Waals surface area contributed by atoms with Crippen molar-refractivity contribution < 1.29 is 13.9 Å². The van der Waals surface area contributed by atoms with Crippen LogP contribution in [0.15, 0.2) is 84.9 Å². The van der Waals surface area contributed by atoms with Crippen LogP contribution in [0.2, 0.25) is 5.02 Å². The van der Waals surface area contributed by atoms with E-state index in [1.54, 1.807) is 71.1 Å². The molecule has 0 saturated heterocycles. The normalized spacial score (nSPS) is 14.0. The van der Waals surface area contributed by atoms with Crippen LogP contribution in [0.4, 0.5) is 9.18 Å². The average Bonchev–Trinajstić information content (AvgIpc) is 2.71. The first kappa shape index (κ1) is 20.6. The Balaban J connectivity index is 1.95. The van der Waals surface area contributed by atoms with E-state index in [1.807, 2.05) is 36.4 Å². The second-order valence-electron chi connectivity index (χ2n) is 6.17. The molecule has 0 fully saturated rings. The molecule has 0 saturated carbocycles. The third-order valence-corrected chi connectivity index (χ3v) is 5.52. The summed E-state index contributed by atoms with van der Waals surface area (Å²) in [5.41, 5.74) is 0.526. The standard InChI is InChI=1S/C22H18ClFINO2/c23-19-13-7-12-18(14-19)22(20(24)25,17-10-5-2-6-11-17)26-21(27)28-15-16-8-3-1-4-9-16/h1-14,20H,15H2,(H,26,27). The summed E-state index contributed by atoms with van der Waals surface area (Å²) in [4.78, 5) is 12.6. The lowest BCUT2D eigenvalue weighted by Crippen LogP contribution is -2.51. The predicted octanol–water partition coefficient (Wildman–Crippen LogP) is 6.24. The van der Waals surface area contributed by atoms with Crippen LogP contribution >= 0.6 is 34.2 Å². The van der Waals surface area contributed by atoms with E-state index in [4.69, 9.17) is 16.3 Å². The van der Waals surface area contributed by atoms with Crippen LogP contribution in [0, 0.1) is 0 Å². The average molecular weight is 510 g/mol. The van der Waals surface area contributed by atoms with E-state index in [0.717, 1.165) is 5.56 Å². The quantitative estimate of drug-likeness (QED) is 0.315. The lowest BCUT2D eigenvalue weighted by atomic mass is 9.84. The fourth-order valence-corrected chi connectivity index (χ4v) is 4.04. The molecule has 2 atom stereocenters. The summed E-state index contributed by atoms with van der Waals surface area (Å²) in [5.74, 6) is 0. The van der Waals surface area contributed by atoms with Gasteiger partial charge < -0.3 is 10.1 Å². The molecule has 0 bridgehead atoms. The third-order valence-electron chi connectivity index (χ3n) is 4.35. The smallest absolute Gasteiger partial charge is 0.408 e. The number of halogens is 3. The molecule has 0 aliphatic carbocycles. The third kappa shape index (κ3) is 4.64. The molecule has 28 heavy (non-hydrogen) atoms. The van der Waals surface area contributed by atoms with E-state index in [-0.39, 0.29) is 6.61 Å². The van der Waals surface area contributed by atoms with Gasteiger partial charge in [-0.05, 0) is 51.4 Å². The van der Waals surface area contributed by atoms with Gasteiger partial charge in [-0.15, -0.1) is 0 Å². The molecular weight excluding hydrogens is 492 g/mol. The Morgan fingerprint density at radius 3 is 2.21 bits per heavy atom. The zero-order valence-electron chi connectivity index (χ0n) is 14.8. The molecule has 1 N–H and O–H groups in total. The molecule has 3 rings (SSSR count). The minimum Gasteiger partial charge on any atom is -0.445 e. The van der Waals surface area contributed by atoms with E-state index in [9.17, 15) is 4.79 Å². The Morgan fingerprint density at radius 1 is 1.00 bits per heavy atom. The van der Waals surface area contributed by atoms with Crippen molar-refractivity contribution in [3.05, 3.63) is 107 Å². The maximum absolute atomic E-state index is 15.1.